The molecule has 0 heteroatoms. The minimum absolute atomic E-state index is 0.758. The van der Waals surface area contributed by atoms with Gasteiger partial charge in [0.15, 0.2) is 0 Å². The number of benzene rings is 2. The van der Waals surface area contributed by atoms with E-state index in [9.17, 15) is 0 Å². The van der Waals surface area contributed by atoms with Gasteiger partial charge in [-0.1, -0.05) is 68.0 Å². The molecule has 0 amide bonds. The summed E-state index contributed by atoms with van der Waals surface area (Å²) in [5, 5.41) is 0. The molecule has 0 nitrogen and oxygen atoms in total. The van der Waals surface area contributed by atoms with Crippen molar-refractivity contribution in [1.29, 1.82) is 0 Å². The third-order valence-electron chi connectivity index (χ3n) is 6.57. The van der Waals surface area contributed by atoms with Gasteiger partial charge in [0, 0.05) is 0 Å². The molecule has 0 aliphatic heterocycles. The molecule has 0 saturated heterocycles. The van der Waals surface area contributed by atoms with Crippen LogP contribution in [0.3, 0.4) is 0 Å². The van der Waals surface area contributed by atoms with Gasteiger partial charge in [-0.2, -0.15) is 0 Å². The van der Waals surface area contributed by atoms with Gasteiger partial charge in [-0.3, -0.25) is 0 Å². The largest absolute Gasteiger partial charge is 0.0853 e. The fourth-order valence-corrected chi connectivity index (χ4v) is 5.17. The number of fused-ring (bicyclic) bond motifs is 3. The molecule has 130 valence electrons. The van der Waals surface area contributed by atoms with Gasteiger partial charge in [0.1, 0.15) is 0 Å². The van der Waals surface area contributed by atoms with Crippen molar-refractivity contribution in [3.63, 3.8) is 0 Å². The fourth-order valence-electron chi connectivity index (χ4n) is 5.17. The van der Waals surface area contributed by atoms with Crippen molar-refractivity contribution < 1.29 is 0 Å². The minimum Gasteiger partial charge on any atom is -0.0853 e. The molecular formula is C25H30. The van der Waals surface area contributed by atoms with Crippen LogP contribution in [0, 0.1) is 17.8 Å². The summed E-state index contributed by atoms with van der Waals surface area (Å²) in [6, 6.07) is 16.3. The molecule has 2 aromatic rings. The second-order valence-corrected chi connectivity index (χ2v) is 8.30. The Balaban J connectivity index is 1.77. The first-order valence-corrected chi connectivity index (χ1v) is 10.0. The van der Waals surface area contributed by atoms with Crippen molar-refractivity contribution in [2.45, 2.75) is 52.9 Å². The lowest BCUT2D eigenvalue weighted by Gasteiger charge is -2.34. The molecule has 0 fully saturated rings. The summed E-state index contributed by atoms with van der Waals surface area (Å²) < 4.78 is 0. The summed E-state index contributed by atoms with van der Waals surface area (Å²) >= 11 is 0. The highest BCUT2D eigenvalue weighted by Gasteiger charge is 2.31. The van der Waals surface area contributed by atoms with Gasteiger partial charge < -0.3 is 0 Å². The molecule has 0 bridgehead atoms. The molecule has 4 rings (SSSR count). The maximum atomic E-state index is 2.50. The zero-order valence-corrected chi connectivity index (χ0v) is 15.9. The third kappa shape index (κ3) is 3.19. The normalized spacial score (nSPS) is 25.6. The summed E-state index contributed by atoms with van der Waals surface area (Å²) in [6.07, 6.45) is 8.65. The lowest BCUT2D eigenvalue weighted by atomic mass is 9.71. The highest BCUT2D eigenvalue weighted by atomic mass is 14.4. The van der Waals surface area contributed by atoms with Gasteiger partial charge in [0.25, 0.3) is 0 Å². The summed E-state index contributed by atoms with van der Waals surface area (Å²) in [5.74, 6) is 2.37. The molecular weight excluding hydrogens is 300 g/mol. The number of allylic oxidation sites excluding steroid dienone is 2. The van der Waals surface area contributed by atoms with E-state index in [0.29, 0.717) is 0 Å². The monoisotopic (exact) mass is 330 g/mol. The number of hydrogen-bond donors (Lipinski definition) is 0. The molecule has 0 radical (unpaired) electrons. The van der Waals surface area contributed by atoms with E-state index < -0.39 is 0 Å². The maximum absolute atomic E-state index is 2.50. The Morgan fingerprint density at radius 1 is 0.920 bits per heavy atom. The van der Waals surface area contributed by atoms with Crippen molar-refractivity contribution in [1.82, 2.24) is 0 Å². The van der Waals surface area contributed by atoms with E-state index >= 15 is 0 Å². The Bertz CT molecular complexity index is 795. The first kappa shape index (κ1) is 16.6. The van der Waals surface area contributed by atoms with Crippen molar-refractivity contribution in [3.05, 3.63) is 70.8 Å². The third-order valence-corrected chi connectivity index (χ3v) is 6.57. The zero-order chi connectivity index (χ0) is 17.4. The lowest BCUT2D eigenvalue weighted by molar-refractivity contribution is 0.226. The summed E-state index contributed by atoms with van der Waals surface area (Å²) in [4.78, 5) is 0. The topological polar surface area (TPSA) is 0 Å². The second kappa shape index (κ2) is 6.83. The molecule has 3 unspecified atom stereocenters. The second-order valence-electron chi connectivity index (χ2n) is 8.30. The van der Waals surface area contributed by atoms with Crippen LogP contribution in [0.15, 0.2) is 54.1 Å². The van der Waals surface area contributed by atoms with Crippen molar-refractivity contribution >= 4 is 0 Å². The summed E-state index contributed by atoms with van der Waals surface area (Å²) in [6.45, 7) is 7.04. The van der Waals surface area contributed by atoms with Crippen LogP contribution in [0.1, 0.15) is 50.3 Å². The molecule has 0 aromatic heterocycles. The van der Waals surface area contributed by atoms with Crippen LogP contribution >= 0.6 is 0 Å². The van der Waals surface area contributed by atoms with Gasteiger partial charge in [-0.15, -0.1) is 0 Å². The van der Waals surface area contributed by atoms with E-state index in [1.807, 2.05) is 0 Å². The van der Waals surface area contributed by atoms with Crippen LogP contribution in [-0.2, 0) is 19.3 Å². The standard InChI is InChI=1S/C25H30/c1-4-19-10-12-25-21(14-19)16-22(15-20-7-5-6-8-24(20)25)23-11-9-17(2)13-18(23)3/h5-10,12,14,18,22-23H,4,11,13,15-16H2,1-3H3. The Kier molecular flexibility index (Phi) is 4.54. The molecule has 3 atom stereocenters. The molecule has 0 spiro atoms. The van der Waals surface area contributed by atoms with E-state index in [2.05, 4.69) is 69.3 Å². The molecule has 0 N–H and O–H groups in total. The number of rotatable bonds is 2. The zero-order valence-electron chi connectivity index (χ0n) is 15.9. The van der Waals surface area contributed by atoms with Crippen LogP contribution in [0.5, 0.6) is 0 Å². The minimum atomic E-state index is 0.758. The average Bonchev–Trinajstić information content (AvgIpc) is 2.77. The van der Waals surface area contributed by atoms with Gasteiger partial charge in [-0.25, -0.2) is 0 Å². The fraction of sp³-hybridized carbons (Fsp3) is 0.440. The molecule has 0 heterocycles. The molecule has 25 heavy (non-hydrogen) atoms. The van der Waals surface area contributed by atoms with E-state index in [4.69, 9.17) is 0 Å². The number of aryl methyl sites for hydroxylation is 1. The van der Waals surface area contributed by atoms with E-state index in [1.165, 1.54) is 42.4 Å². The summed E-state index contributed by atoms with van der Waals surface area (Å²) in [5.41, 5.74) is 9.14. The first-order valence-electron chi connectivity index (χ1n) is 10.0. The smallest absolute Gasteiger partial charge is 0.0149 e. The summed E-state index contributed by atoms with van der Waals surface area (Å²) in [7, 11) is 0. The highest BCUT2D eigenvalue weighted by molar-refractivity contribution is 5.72. The van der Waals surface area contributed by atoms with Gasteiger partial charge >= 0.3 is 0 Å². The van der Waals surface area contributed by atoms with Crippen molar-refractivity contribution in [3.8, 4) is 11.1 Å². The lowest BCUT2D eigenvalue weighted by Crippen LogP contribution is -2.27. The Morgan fingerprint density at radius 3 is 2.48 bits per heavy atom. The van der Waals surface area contributed by atoms with Gasteiger partial charge in [-0.05, 0) is 84.6 Å². The van der Waals surface area contributed by atoms with Crippen LogP contribution in [0.25, 0.3) is 11.1 Å². The Morgan fingerprint density at radius 2 is 1.68 bits per heavy atom. The first-order chi connectivity index (χ1) is 12.2. The predicted molar refractivity (Wildman–Crippen MR) is 108 cm³/mol. The quantitative estimate of drug-likeness (QED) is 0.543. The van der Waals surface area contributed by atoms with Crippen molar-refractivity contribution in [2.75, 3.05) is 0 Å². The highest BCUT2D eigenvalue weighted by Crippen LogP contribution is 2.42. The van der Waals surface area contributed by atoms with Crippen LogP contribution < -0.4 is 0 Å². The molecule has 0 saturated carbocycles. The van der Waals surface area contributed by atoms with E-state index in [0.717, 1.165) is 24.2 Å². The SMILES string of the molecule is CCc1ccc2c(c1)CC(C1CC=C(C)CC1C)Cc1ccccc1-2. The van der Waals surface area contributed by atoms with Crippen molar-refractivity contribution in [2.24, 2.45) is 17.8 Å². The molecule has 2 aliphatic carbocycles. The van der Waals surface area contributed by atoms with Gasteiger partial charge in [0.2, 0.25) is 0 Å². The average molecular weight is 331 g/mol. The molecule has 2 aromatic carbocycles. The van der Waals surface area contributed by atoms with Crippen LogP contribution in [0.4, 0.5) is 0 Å². The maximum Gasteiger partial charge on any atom is -0.0149 e. The van der Waals surface area contributed by atoms with E-state index in [-0.39, 0.29) is 0 Å². The number of hydrogen-bond acceptors (Lipinski definition) is 0. The van der Waals surface area contributed by atoms with Gasteiger partial charge in [0.05, 0.1) is 0 Å². The Hall–Kier alpha value is -1.82. The van der Waals surface area contributed by atoms with Crippen LogP contribution in [0.2, 0.25) is 0 Å². The molecule has 2 aliphatic rings. The van der Waals surface area contributed by atoms with E-state index in [1.54, 1.807) is 16.7 Å². The predicted octanol–water partition coefficient (Wildman–Crippen LogP) is 6.62. The van der Waals surface area contributed by atoms with Crippen LogP contribution in [-0.4, -0.2) is 0 Å². The Labute approximate surface area is 153 Å².